The van der Waals surface area contributed by atoms with E-state index in [0.717, 1.165) is 44.9 Å². The second-order valence-electron chi connectivity index (χ2n) is 12.2. The van der Waals surface area contributed by atoms with Crippen molar-refractivity contribution in [3.8, 4) is 0 Å². The lowest BCUT2D eigenvalue weighted by atomic mass is 9.41. The molecule has 0 saturated heterocycles. The highest BCUT2D eigenvalue weighted by atomic mass is 32.3. The average molecular weight is 475 g/mol. The Hall–Kier alpha value is 0.110. The predicted molar refractivity (Wildman–Crippen MR) is 127 cm³/mol. The first-order valence-electron chi connectivity index (χ1n) is 12.9. The van der Waals surface area contributed by atoms with Crippen LogP contribution in [-0.2, 0) is 4.18 Å². The van der Waals surface area contributed by atoms with Gasteiger partial charge in [-0.2, -0.15) is 0 Å². The number of rotatable bonds is 6. The molecule has 4 rings (SSSR count). The van der Waals surface area contributed by atoms with Gasteiger partial charge >= 0.3 is 0 Å². The zero-order valence-corrected chi connectivity index (χ0v) is 21.1. The van der Waals surface area contributed by atoms with Crippen LogP contribution in [-0.4, -0.2) is 42.7 Å². The normalized spacial score (nSPS) is 50.3. The summed E-state index contributed by atoms with van der Waals surface area (Å²) in [5.74, 6) is 2.97. The number of hydrogen-bond donors (Lipinski definition) is 5. The molecule has 5 N–H and O–H groups in total. The van der Waals surface area contributed by atoms with E-state index in [4.69, 9.17) is 17.8 Å². The summed E-state index contributed by atoms with van der Waals surface area (Å²) < 4.78 is 32.1. The van der Waals surface area contributed by atoms with Crippen molar-refractivity contribution < 1.29 is 28.1 Å². The number of aliphatic hydroxyl groups excluding tert-OH is 2. The fraction of sp³-hybridized carbons (Fsp3) is 1.00. The van der Waals surface area contributed by atoms with Gasteiger partial charge in [-0.15, -0.1) is 0 Å². The van der Waals surface area contributed by atoms with Gasteiger partial charge in [0.1, 0.15) is 0 Å². The lowest BCUT2D eigenvalue weighted by Gasteiger charge is -2.64. The third kappa shape index (κ3) is 4.18. The van der Waals surface area contributed by atoms with Gasteiger partial charge in [-0.25, -0.2) is 0 Å². The van der Waals surface area contributed by atoms with E-state index in [1.807, 2.05) is 0 Å². The molecule has 7 heteroatoms. The molecule has 0 radical (unpaired) electrons. The van der Waals surface area contributed by atoms with Gasteiger partial charge in [-0.3, -0.25) is 17.8 Å². The molecule has 0 aromatic heterocycles. The molecule has 4 aliphatic carbocycles. The Kier molecular flexibility index (Phi) is 7.06. The summed E-state index contributed by atoms with van der Waals surface area (Å²) in [6.45, 7) is 9.49. The molecule has 0 aromatic carbocycles. The summed E-state index contributed by atoms with van der Waals surface area (Å²) in [5, 5.41) is 22.2. The van der Waals surface area contributed by atoms with E-state index < -0.39 is 11.2 Å². The summed E-state index contributed by atoms with van der Waals surface area (Å²) >= 11 is -3.89. The van der Waals surface area contributed by atoms with Crippen LogP contribution in [0.4, 0.5) is 0 Å². The molecule has 188 valence electrons. The molecule has 0 spiro atoms. The first-order chi connectivity index (χ1) is 14.9. The van der Waals surface area contributed by atoms with Crippen LogP contribution in [0.15, 0.2) is 0 Å². The van der Waals surface area contributed by atoms with Crippen LogP contribution in [0.5, 0.6) is 0 Å². The summed E-state index contributed by atoms with van der Waals surface area (Å²) in [7, 11) is 0. The fourth-order valence-corrected chi connectivity index (χ4v) is 9.80. The molecule has 4 saturated carbocycles. The van der Waals surface area contributed by atoms with Gasteiger partial charge in [-0.1, -0.05) is 34.1 Å². The van der Waals surface area contributed by atoms with Gasteiger partial charge < -0.3 is 10.2 Å². The van der Waals surface area contributed by atoms with E-state index in [2.05, 4.69) is 27.7 Å². The molecule has 0 amide bonds. The Balaban J connectivity index is 1.55. The van der Waals surface area contributed by atoms with Crippen molar-refractivity contribution in [1.82, 2.24) is 0 Å². The van der Waals surface area contributed by atoms with E-state index in [1.165, 1.54) is 6.42 Å². The minimum Gasteiger partial charge on any atom is -0.393 e. The molecule has 11 atom stereocenters. The van der Waals surface area contributed by atoms with Gasteiger partial charge in [0.25, 0.3) is 0 Å². The van der Waals surface area contributed by atoms with Crippen molar-refractivity contribution in [3.05, 3.63) is 0 Å². The van der Waals surface area contributed by atoms with E-state index in [-0.39, 0.29) is 35.6 Å². The fourth-order valence-electron chi connectivity index (χ4n) is 9.48. The average Bonchev–Trinajstić information content (AvgIpc) is 3.06. The monoisotopic (exact) mass is 474 g/mol. The maximum atomic E-state index is 11.7. The molecule has 6 nitrogen and oxygen atoms in total. The Labute approximate surface area is 195 Å². The summed E-state index contributed by atoms with van der Waals surface area (Å²) in [4.78, 5) is 0. The summed E-state index contributed by atoms with van der Waals surface area (Å²) in [6, 6.07) is 0. The third-order valence-electron chi connectivity index (χ3n) is 11.0. The first-order valence-corrected chi connectivity index (χ1v) is 14.4. The highest BCUT2D eigenvalue weighted by Gasteiger charge is 2.64. The van der Waals surface area contributed by atoms with Crippen LogP contribution < -0.4 is 0 Å². The van der Waals surface area contributed by atoms with Crippen molar-refractivity contribution in [2.24, 2.45) is 52.3 Å². The van der Waals surface area contributed by atoms with Crippen LogP contribution in [0, 0.1) is 52.3 Å². The van der Waals surface area contributed by atoms with Crippen LogP contribution >= 0.6 is 11.2 Å². The van der Waals surface area contributed by atoms with E-state index in [0.29, 0.717) is 41.9 Å². The standard InChI is InChI=1S/C25H46O6S/c1-5-17-21-14-16(26)8-11-25(21,4)20-9-12-24(3)18(6-7-19(24)22(20)23(17)27)15(2)10-13-31-32(28,29)30/h15-23,26-30H,5-14H2,1-4H3/t15?,16-,17-,18?,19?,20?,21+,22?,23-,24-,25-/m1/s1. The Bertz CT molecular complexity index is 669. The maximum Gasteiger partial charge on any atom is 0.216 e. The molecule has 0 aliphatic heterocycles. The molecule has 4 fully saturated rings. The second-order valence-corrected chi connectivity index (χ2v) is 13.4. The van der Waals surface area contributed by atoms with Gasteiger partial charge in [0.2, 0.25) is 11.2 Å². The number of aliphatic hydroxyl groups is 2. The van der Waals surface area contributed by atoms with Gasteiger partial charge in [0.05, 0.1) is 18.8 Å². The zero-order chi connectivity index (χ0) is 23.5. The Morgan fingerprint density at radius 1 is 0.938 bits per heavy atom. The maximum absolute atomic E-state index is 11.7. The van der Waals surface area contributed by atoms with Crippen LogP contribution in [0.25, 0.3) is 0 Å². The van der Waals surface area contributed by atoms with E-state index in [1.54, 1.807) is 0 Å². The largest absolute Gasteiger partial charge is 0.393 e. The highest BCUT2D eigenvalue weighted by molar-refractivity contribution is 8.15. The van der Waals surface area contributed by atoms with E-state index >= 15 is 0 Å². The molecular formula is C25H46O6S. The molecule has 0 bridgehead atoms. The molecule has 32 heavy (non-hydrogen) atoms. The van der Waals surface area contributed by atoms with Crippen molar-refractivity contribution in [3.63, 3.8) is 0 Å². The van der Waals surface area contributed by atoms with Crippen LogP contribution in [0.1, 0.15) is 85.5 Å². The highest BCUT2D eigenvalue weighted by Crippen LogP contribution is 2.69. The summed E-state index contributed by atoms with van der Waals surface area (Å²) in [5.41, 5.74) is 0.400. The SMILES string of the molecule is CC[C@H]1[C@@H](O)C2C3CCC(C(C)CCOS(O)(O)O)[C@@]3(C)CCC2[C@@]2(C)CC[C@@H](O)C[C@@H]12. The number of hydrogen-bond acceptors (Lipinski definition) is 6. The molecular weight excluding hydrogens is 428 g/mol. The lowest BCUT2D eigenvalue weighted by molar-refractivity contribution is -0.203. The van der Waals surface area contributed by atoms with Crippen molar-refractivity contribution in [2.45, 2.75) is 97.7 Å². The van der Waals surface area contributed by atoms with Crippen LogP contribution in [0.2, 0.25) is 0 Å². The predicted octanol–water partition coefficient (Wildman–Crippen LogP) is 5.79. The molecule has 4 aliphatic rings. The minimum atomic E-state index is -3.89. The van der Waals surface area contributed by atoms with Gasteiger partial charge in [-0.05, 0) is 104 Å². The number of fused-ring (bicyclic) bond motifs is 5. The molecule has 5 unspecified atom stereocenters. The van der Waals surface area contributed by atoms with E-state index in [9.17, 15) is 10.2 Å². The quantitative estimate of drug-likeness (QED) is 0.333. The smallest absolute Gasteiger partial charge is 0.216 e. The van der Waals surface area contributed by atoms with Gasteiger partial charge in [0, 0.05) is 0 Å². The Morgan fingerprint density at radius 3 is 2.25 bits per heavy atom. The van der Waals surface area contributed by atoms with Crippen molar-refractivity contribution >= 4 is 11.2 Å². The summed E-state index contributed by atoms with van der Waals surface area (Å²) in [6.07, 6.45) is 8.63. The molecule has 0 aromatic rings. The minimum absolute atomic E-state index is 0.145. The zero-order valence-electron chi connectivity index (χ0n) is 20.3. The molecule has 0 heterocycles. The third-order valence-corrected chi connectivity index (χ3v) is 11.4. The van der Waals surface area contributed by atoms with Crippen LogP contribution in [0.3, 0.4) is 0 Å². The second kappa shape index (κ2) is 8.96. The van der Waals surface area contributed by atoms with Crippen molar-refractivity contribution in [2.75, 3.05) is 6.61 Å². The topological polar surface area (TPSA) is 110 Å². The Morgan fingerprint density at radius 2 is 1.59 bits per heavy atom. The lowest BCUT2D eigenvalue weighted by Crippen LogP contribution is -2.62. The van der Waals surface area contributed by atoms with Gasteiger partial charge in [0.15, 0.2) is 0 Å². The van der Waals surface area contributed by atoms with Crippen molar-refractivity contribution in [1.29, 1.82) is 0 Å². The first kappa shape index (κ1) is 25.2.